The lowest BCUT2D eigenvalue weighted by Crippen LogP contribution is -2.29. The van der Waals surface area contributed by atoms with Crippen LogP contribution in [0.15, 0.2) is 41.8 Å². The Hall–Kier alpha value is -2.03. The zero-order valence-corrected chi connectivity index (χ0v) is 16.4. The molecule has 8 heteroatoms. The number of hydrogen-bond donors (Lipinski definition) is 1. The quantitative estimate of drug-likeness (QED) is 0.830. The van der Waals surface area contributed by atoms with Crippen molar-refractivity contribution in [2.75, 3.05) is 17.6 Å². The Bertz CT molecular complexity index is 967. The second-order valence-corrected chi connectivity index (χ2v) is 10.0. The third-order valence-electron chi connectivity index (χ3n) is 4.76. The predicted octanol–water partition coefficient (Wildman–Crippen LogP) is 2.59. The number of hydrogen-bond acceptors (Lipinski definition) is 6. The maximum absolute atomic E-state index is 12.2. The molecule has 1 atom stereocenters. The molecule has 2 aromatic rings. The highest BCUT2D eigenvalue weighted by molar-refractivity contribution is 7.94. The Morgan fingerprint density at radius 2 is 2.11 bits per heavy atom. The van der Waals surface area contributed by atoms with E-state index in [1.807, 2.05) is 6.07 Å². The topological polar surface area (TPSA) is 79.4 Å². The average Bonchev–Trinajstić information content (AvgIpc) is 3.17. The van der Waals surface area contributed by atoms with Gasteiger partial charge in [-0.15, -0.1) is 11.3 Å². The van der Waals surface area contributed by atoms with Gasteiger partial charge in [-0.2, -0.15) is 0 Å². The Labute approximate surface area is 162 Å². The van der Waals surface area contributed by atoms with Gasteiger partial charge in [0.2, 0.25) is 5.91 Å². The summed E-state index contributed by atoms with van der Waals surface area (Å²) < 4.78 is 22.9. The first-order valence-corrected chi connectivity index (χ1v) is 11.5. The SMILES string of the molecule is O=C(CC1C=CS(=O)(=O)C1)Nc1nc2c(s1)CN(Cc1ccccc1)CC2. The van der Waals surface area contributed by atoms with Crippen LogP contribution in [-0.4, -0.2) is 36.5 Å². The number of allylic oxidation sites excluding steroid dienone is 1. The number of carbonyl (C=O) groups excluding carboxylic acids is 1. The average molecular weight is 404 g/mol. The van der Waals surface area contributed by atoms with Gasteiger partial charge in [-0.05, 0) is 5.56 Å². The lowest BCUT2D eigenvalue weighted by Gasteiger charge is -2.25. The number of fused-ring (bicyclic) bond motifs is 1. The van der Waals surface area contributed by atoms with Crippen LogP contribution in [0.2, 0.25) is 0 Å². The number of rotatable bonds is 5. The van der Waals surface area contributed by atoms with Gasteiger partial charge in [-0.25, -0.2) is 13.4 Å². The van der Waals surface area contributed by atoms with Crippen LogP contribution in [0, 0.1) is 5.92 Å². The van der Waals surface area contributed by atoms with E-state index in [0.717, 1.165) is 31.7 Å². The van der Waals surface area contributed by atoms with E-state index in [9.17, 15) is 13.2 Å². The van der Waals surface area contributed by atoms with Crippen molar-refractivity contribution in [3.8, 4) is 0 Å². The van der Waals surface area contributed by atoms with Gasteiger partial charge in [0.25, 0.3) is 0 Å². The van der Waals surface area contributed by atoms with Crippen LogP contribution in [0.3, 0.4) is 0 Å². The van der Waals surface area contributed by atoms with E-state index in [0.29, 0.717) is 5.13 Å². The van der Waals surface area contributed by atoms with Gasteiger partial charge in [0.05, 0.1) is 11.4 Å². The molecule has 0 radical (unpaired) electrons. The number of aromatic nitrogens is 1. The first-order chi connectivity index (χ1) is 13.0. The minimum absolute atomic E-state index is 0.0171. The van der Waals surface area contributed by atoms with Crippen molar-refractivity contribution in [1.29, 1.82) is 0 Å². The van der Waals surface area contributed by atoms with Gasteiger partial charge < -0.3 is 5.32 Å². The summed E-state index contributed by atoms with van der Waals surface area (Å²) in [6, 6.07) is 10.4. The highest BCUT2D eigenvalue weighted by Crippen LogP contribution is 2.29. The molecule has 1 aromatic carbocycles. The number of sulfone groups is 1. The summed E-state index contributed by atoms with van der Waals surface area (Å²) in [6.45, 7) is 2.69. The van der Waals surface area contributed by atoms with Gasteiger partial charge >= 0.3 is 0 Å². The van der Waals surface area contributed by atoms with Crippen LogP contribution in [0.5, 0.6) is 0 Å². The lowest BCUT2D eigenvalue weighted by atomic mass is 10.1. The summed E-state index contributed by atoms with van der Waals surface area (Å²) in [4.78, 5) is 20.3. The van der Waals surface area contributed by atoms with Crippen LogP contribution in [0.1, 0.15) is 22.6 Å². The fourth-order valence-electron chi connectivity index (χ4n) is 3.45. The van der Waals surface area contributed by atoms with Gasteiger partial charge in [0, 0.05) is 48.7 Å². The molecule has 0 bridgehead atoms. The van der Waals surface area contributed by atoms with E-state index in [-0.39, 0.29) is 24.0 Å². The molecule has 2 aliphatic rings. The fourth-order valence-corrected chi connectivity index (χ4v) is 5.92. The first-order valence-electron chi connectivity index (χ1n) is 8.92. The number of benzene rings is 1. The number of nitrogens with zero attached hydrogens (tertiary/aromatic N) is 2. The van der Waals surface area contributed by atoms with E-state index in [4.69, 9.17) is 0 Å². The number of thiazole rings is 1. The Balaban J connectivity index is 1.34. The van der Waals surface area contributed by atoms with Crippen molar-refractivity contribution in [2.45, 2.75) is 25.9 Å². The molecule has 0 saturated heterocycles. The van der Waals surface area contributed by atoms with Crippen molar-refractivity contribution >= 4 is 32.2 Å². The minimum Gasteiger partial charge on any atom is -0.302 e. The van der Waals surface area contributed by atoms with Crippen molar-refractivity contribution in [3.63, 3.8) is 0 Å². The predicted molar refractivity (Wildman–Crippen MR) is 106 cm³/mol. The number of anilines is 1. The zero-order chi connectivity index (χ0) is 18.9. The molecule has 4 rings (SSSR count). The summed E-state index contributed by atoms with van der Waals surface area (Å²) in [6.07, 6.45) is 2.64. The van der Waals surface area contributed by atoms with E-state index < -0.39 is 9.84 Å². The molecule has 27 heavy (non-hydrogen) atoms. The van der Waals surface area contributed by atoms with Crippen LogP contribution < -0.4 is 5.32 Å². The van der Waals surface area contributed by atoms with E-state index in [2.05, 4.69) is 39.5 Å². The van der Waals surface area contributed by atoms with Gasteiger partial charge in [0.1, 0.15) is 0 Å². The van der Waals surface area contributed by atoms with Crippen LogP contribution >= 0.6 is 11.3 Å². The van der Waals surface area contributed by atoms with E-state index >= 15 is 0 Å². The normalized spacial score (nSPS) is 21.1. The number of nitrogens with one attached hydrogen (secondary N) is 1. The Kier molecular flexibility index (Phi) is 5.12. The van der Waals surface area contributed by atoms with Crippen molar-refractivity contribution in [1.82, 2.24) is 9.88 Å². The minimum atomic E-state index is -3.13. The molecule has 1 aromatic heterocycles. The molecule has 1 amide bonds. The summed E-state index contributed by atoms with van der Waals surface area (Å²) in [5.41, 5.74) is 2.35. The largest absolute Gasteiger partial charge is 0.302 e. The second kappa shape index (κ2) is 7.53. The van der Waals surface area contributed by atoms with Crippen LogP contribution in [0.4, 0.5) is 5.13 Å². The van der Waals surface area contributed by atoms with Crippen molar-refractivity contribution in [3.05, 3.63) is 58.0 Å². The first kappa shape index (κ1) is 18.3. The maximum Gasteiger partial charge on any atom is 0.226 e. The number of amides is 1. The Morgan fingerprint density at radius 3 is 2.85 bits per heavy atom. The third kappa shape index (κ3) is 4.63. The lowest BCUT2D eigenvalue weighted by molar-refractivity contribution is -0.116. The second-order valence-electron chi connectivity index (χ2n) is 7.01. The van der Waals surface area contributed by atoms with E-state index in [1.54, 1.807) is 6.08 Å². The van der Waals surface area contributed by atoms with Gasteiger partial charge in [-0.3, -0.25) is 9.69 Å². The van der Waals surface area contributed by atoms with Crippen LogP contribution in [-0.2, 0) is 34.1 Å². The summed E-state index contributed by atoms with van der Waals surface area (Å²) in [7, 11) is -3.13. The highest BCUT2D eigenvalue weighted by atomic mass is 32.2. The van der Waals surface area contributed by atoms with Gasteiger partial charge in [0.15, 0.2) is 15.0 Å². The molecule has 0 fully saturated rings. The molecule has 0 spiro atoms. The monoisotopic (exact) mass is 403 g/mol. The van der Waals surface area contributed by atoms with Gasteiger partial charge in [-0.1, -0.05) is 36.4 Å². The molecule has 2 aliphatic heterocycles. The highest BCUT2D eigenvalue weighted by Gasteiger charge is 2.25. The zero-order valence-electron chi connectivity index (χ0n) is 14.8. The molecular formula is C19H21N3O3S2. The van der Waals surface area contributed by atoms with Crippen molar-refractivity contribution in [2.24, 2.45) is 5.92 Å². The standard InChI is InChI=1S/C19H21N3O3S2/c23-18(10-15-7-9-27(24,25)13-15)21-19-20-16-6-8-22(12-17(16)26-19)11-14-4-2-1-3-5-14/h1-5,7,9,15H,6,8,10-13H2,(H,20,21,23). The van der Waals surface area contributed by atoms with E-state index in [1.165, 1.54) is 27.2 Å². The summed E-state index contributed by atoms with van der Waals surface area (Å²) in [5, 5.41) is 4.65. The smallest absolute Gasteiger partial charge is 0.226 e. The third-order valence-corrected chi connectivity index (χ3v) is 7.22. The summed E-state index contributed by atoms with van der Waals surface area (Å²) >= 11 is 1.51. The molecule has 3 heterocycles. The Morgan fingerprint density at radius 1 is 1.30 bits per heavy atom. The molecule has 142 valence electrons. The molecular weight excluding hydrogens is 382 g/mol. The molecule has 6 nitrogen and oxygen atoms in total. The summed E-state index contributed by atoms with van der Waals surface area (Å²) in [5.74, 6) is -0.414. The molecule has 1 N–H and O–H groups in total. The molecule has 0 saturated carbocycles. The number of carbonyl (C=O) groups is 1. The maximum atomic E-state index is 12.2. The molecule has 0 aliphatic carbocycles. The fraction of sp³-hybridized carbons (Fsp3) is 0.368. The van der Waals surface area contributed by atoms with Crippen LogP contribution in [0.25, 0.3) is 0 Å². The van der Waals surface area contributed by atoms with Crippen molar-refractivity contribution < 1.29 is 13.2 Å². The molecule has 1 unspecified atom stereocenters.